The lowest BCUT2D eigenvalue weighted by Crippen LogP contribution is -2.48. The number of hydrogen-bond acceptors (Lipinski definition) is 10. The molecule has 0 spiro atoms. The lowest BCUT2D eigenvalue weighted by molar-refractivity contribution is -0.384. The quantitative estimate of drug-likeness (QED) is 0.0531. The molecule has 1 aliphatic heterocycles. The number of ether oxygens (including phenoxy) is 1. The van der Waals surface area contributed by atoms with Crippen molar-refractivity contribution in [3.63, 3.8) is 0 Å². The highest BCUT2D eigenvalue weighted by Crippen LogP contribution is 2.41. The van der Waals surface area contributed by atoms with Crippen molar-refractivity contribution in [2.45, 2.75) is 65.9 Å². The number of piperidine rings is 1. The molecule has 2 N–H and O–H groups in total. The molecule has 0 bridgehead atoms. The monoisotopic (exact) mass is 847 g/mol. The van der Waals surface area contributed by atoms with E-state index in [-0.39, 0.29) is 33.0 Å². The number of amides is 1. The van der Waals surface area contributed by atoms with Crippen LogP contribution in [0.5, 0.6) is 0 Å². The van der Waals surface area contributed by atoms with E-state index in [9.17, 15) is 23.3 Å². The standard InChI is InChI=1S/C47H53N5O6S2/c1-50(2)31-32-58-47(34-38-15-9-10-18-42(38)36-13-5-3-6-14-36)27-29-51(30-28-47)39-21-19-37(20-22-39)45(53)49-60(56,57)41-23-24-43(44(33-41)52(54)55)48-46(25-11-12-26-46)35-59-40-16-7-4-8-17-40/h3-10,13-24,33,48H,11-12,25-32,34-35H2,1-2H3,(H,49,53). The van der Waals surface area contributed by atoms with Crippen molar-refractivity contribution in [2.24, 2.45) is 0 Å². The molecule has 2 aliphatic rings. The van der Waals surface area contributed by atoms with Crippen LogP contribution in [0.4, 0.5) is 17.1 Å². The topological polar surface area (TPSA) is 134 Å². The van der Waals surface area contributed by atoms with Crippen molar-refractivity contribution in [3.8, 4) is 11.1 Å². The number of benzene rings is 5. The van der Waals surface area contributed by atoms with E-state index in [1.165, 1.54) is 28.8 Å². The Bertz CT molecular complexity index is 2350. The van der Waals surface area contributed by atoms with Crippen LogP contribution in [0, 0.1) is 10.1 Å². The largest absolute Gasteiger partial charge is 0.373 e. The molecule has 1 amide bonds. The molecule has 0 atom stereocenters. The summed E-state index contributed by atoms with van der Waals surface area (Å²) < 4.78 is 35.9. The molecule has 11 nitrogen and oxygen atoms in total. The van der Waals surface area contributed by atoms with Gasteiger partial charge in [0.15, 0.2) is 0 Å². The number of thioether (sulfide) groups is 1. The zero-order valence-corrected chi connectivity index (χ0v) is 35.9. The van der Waals surface area contributed by atoms with Gasteiger partial charge in [-0.05, 0) is 105 Å². The third-order valence-corrected chi connectivity index (χ3v) is 14.3. The van der Waals surface area contributed by atoms with Gasteiger partial charge in [0.1, 0.15) is 5.69 Å². The minimum absolute atomic E-state index is 0.157. The zero-order chi connectivity index (χ0) is 42.2. The van der Waals surface area contributed by atoms with Gasteiger partial charge in [-0.2, -0.15) is 0 Å². The Balaban J connectivity index is 1.00. The van der Waals surface area contributed by atoms with Gasteiger partial charge in [0.25, 0.3) is 21.6 Å². The van der Waals surface area contributed by atoms with Crippen LogP contribution >= 0.6 is 11.8 Å². The number of nitrogens with one attached hydrogen (secondary N) is 2. The van der Waals surface area contributed by atoms with Gasteiger partial charge in [0.05, 0.1) is 22.0 Å². The summed E-state index contributed by atoms with van der Waals surface area (Å²) in [6, 6.07) is 39.6. The van der Waals surface area contributed by atoms with Gasteiger partial charge < -0.3 is 19.9 Å². The maximum atomic E-state index is 13.5. The second-order valence-electron chi connectivity index (χ2n) is 16.2. The van der Waals surface area contributed by atoms with E-state index in [4.69, 9.17) is 4.74 Å². The number of anilines is 2. The molecule has 0 unspecified atom stereocenters. The van der Waals surface area contributed by atoms with Crippen LogP contribution in [0.1, 0.15) is 54.4 Å². The minimum Gasteiger partial charge on any atom is -0.373 e. The van der Waals surface area contributed by atoms with Crippen LogP contribution in [0.3, 0.4) is 0 Å². The first-order valence-corrected chi connectivity index (χ1v) is 23.0. The predicted molar refractivity (Wildman–Crippen MR) is 240 cm³/mol. The van der Waals surface area contributed by atoms with Crippen LogP contribution in [0.25, 0.3) is 11.1 Å². The second-order valence-corrected chi connectivity index (χ2v) is 18.9. The average molecular weight is 848 g/mol. The molecule has 0 radical (unpaired) electrons. The fourth-order valence-electron chi connectivity index (χ4n) is 8.29. The molecule has 314 valence electrons. The fraction of sp³-hybridized carbons (Fsp3) is 0.340. The van der Waals surface area contributed by atoms with E-state index < -0.39 is 20.9 Å². The second kappa shape index (κ2) is 19.0. The SMILES string of the molecule is CN(C)CCOC1(Cc2ccccc2-c2ccccc2)CCN(c2ccc(C(=O)NS(=O)(=O)c3ccc(NC4(CSc5ccccc5)CCCC4)c([N+](=O)[O-])c3)cc2)CC1. The molecule has 1 aliphatic carbocycles. The number of nitro groups is 1. The zero-order valence-electron chi connectivity index (χ0n) is 34.2. The van der Waals surface area contributed by atoms with Crippen LogP contribution in [-0.4, -0.2) is 81.4 Å². The lowest BCUT2D eigenvalue weighted by Gasteiger charge is -2.43. The molecule has 0 aromatic heterocycles. The van der Waals surface area contributed by atoms with E-state index >= 15 is 0 Å². The predicted octanol–water partition coefficient (Wildman–Crippen LogP) is 9.06. The number of hydrogen-bond donors (Lipinski definition) is 2. The summed E-state index contributed by atoms with van der Waals surface area (Å²) >= 11 is 1.69. The molecule has 2 fully saturated rings. The molecule has 7 rings (SSSR count). The van der Waals surface area contributed by atoms with E-state index in [1.807, 2.05) is 62.6 Å². The van der Waals surface area contributed by atoms with Gasteiger partial charge in [-0.25, -0.2) is 13.1 Å². The Hall–Kier alpha value is -5.21. The van der Waals surface area contributed by atoms with Gasteiger partial charge in [-0.3, -0.25) is 14.9 Å². The number of nitro benzene ring substituents is 1. The number of rotatable bonds is 17. The van der Waals surface area contributed by atoms with Gasteiger partial charge >= 0.3 is 0 Å². The molecule has 13 heteroatoms. The van der Waals surface area contributed by atoms with Crippen LogP contribution in [0.2, 0.25) is 0 Å². The molecule has 60 heavy (non-hydrogen) atoms. The van der Waals surface area contributed by atoms with E-state index in [1.54, 1.807) is 23.9 Å². The third kappa shape index (κ3) is 10.6. The molecule has 1 heterocycles. The smallest absolute Gasteiger partial charge is 0.293 e. The summed E-state index contributed by atoms with van der Waals surface area (Å²) in [7, 11) is -0.346. The highest BCUT2D eigenvalue weighted by atomic mass is 32.2. The summed E-state index contributed by atoms with van der Waals surface area (Å²) in [5, 5.41) is 15.7. The van der Waals surface area contributed by atoms with Crippen molar-refractivity contribution >= 4 is 44.8 Å². The van der Waals surface area contributed by atoms with Gasteiger partial charge in [-0.1, -0.05) is 85.6 Å². The summed E-state index contributed by atoms with van der Waals surface area (Å²) in [6.07, 6.45) is 6.05. The number of likely N-dealkylation sites (N-methyl/N-ethyl adjacent to an activating group) is 1. The molecular formula is C47H53N5O6S2. The highest BCUT2D eigenvalue weighted by Gasteiger charge is 2.38. The minimum atomic E-state index is -4.44. The van der Waals surface area contributed by atoms with E-state index in [2.05, 4.69) is 68.4 Å². The third-order valence-electron chi connectivity index (χ3n) is 11.7. The van der Waals surface area contributed by atoms with Crippen molar-refractivity contribution in [2.75, 3.05) is 56.3 Å². The first-order valence-electron chi connectivity index (χ1n) is 20.5. The van der Waals surface area contributed by atoms with Crippen molar-refractivity contribution < 1.29 is 22.9 Å². The molecule has 1 saturated carbocycles. The summed E-state index contributed by atoms with van der Waals surface area (Å²) in [4.78, 5) is 30.2. The van der Waals surface area contributed by atoms with Gasteiger partial charge in [-0.15, -0.1) is 11.8 Å². The molecule has 5 aromatic carbocycles. The Morgan fingerprint density at radius 3 is 2.17 bits per heavy atom. The van der Waals surface area contributed by atoms with Crippen molar-refractivity contribution in [3.05, 3.63) is 149 Å². The molecule has 5 aromatic rings. The average Bonchev–Trinajstić information content (AvgIpc) is 3.72. The molecule has 1 saturated heterocycles. The van der Waals surface area contributed by atoms with Crippen LogP contribution in [-0.2, 0) is 21.2 Å². The molecular weight excluding hydrogens is 795 g/mol. The fourth-order valence-corrected chi connectivity index (χ4v) is 10.4. The van der Waals surface area contributed by atoms with Crippen molar-refractivity contribution in [1.29, 1.82) is 0 Å². The van der Waals surface area contributed by atoms with E-state index in [0.29, 0.717) is 12.4 Å². The first-order chi connectivity index (χ1) is 28.9. The van der Waals surface area contributed by atoms with Gasteiger partial charge in [0.2, 0.25) is 0 Å². The summed E-state index contributed by atoms with van der Waals surface area (Å²) in [5.74, 6) is -0.115. The summed E-state index contributed by atoms with van der Waals surface area (Å²) in [5.41, 5.74) is 3.88. The highest BCUT2D eigenvalue weighted by molar-refractivity contribution is 7.99. The Labute approximate surface area is 357 Å². The number of nitrogens with zero attached hydrogens (tertiary/aromatic N) is 3. The Morgan fingerprint density at radius 1 is 0.850 bits per heavy atom. The number of carbonyl (C=O) groups excluding carboxylic acids is 1. The Kier molecular flexibility index (Phi) is 13.6. The van der Waals surface area contributed by atoms with Crippen molar-refractivity contribution in [1.82, 2.24) is 9.62 Å². The maximum absolute atomic E-state index is 13.5. The normalized spacial score (nSPS) is 16.1. The van der Waals surface area contributed by atoms with E-state index in [0.717, 1.165) is 81.2 Å². The van der Waals surface area contributed by atoms with Crippen LogP contribution < -0.4 is 14.9 Å². The first kappa shape index (κ1) is 42.9. The van der Waals surface area contributed by atoms with Gasteiger partial charge in [0, 0.05) is 59.6 Å². The Morgan fingerprint density at radius 2 is 1.50 bits per heavy atom. The lowest BCUT2D eigenvalue weighted by atomic mass is 9.82. The summed E-state index contributed by atoms with van der Waals surface area (Å²) in [6.45, 7) is 2.93. The number of carbonyl (C=O) groups is 1. The van der Waals surface area contributed by atoms with Crippen LogP contribution in [0.15, 0.2) is 137 Å². The number of sulfonamides is 1. The maximum Gasteiger partial charge on any atom is 0.293 e.